The number of Topliss-reactive ketones (excluding diaryl/α,β-unsaturated/α-hetero) is 1. The molecule has 3 nitrogen and oxygen atoms in total. The van der Waals surface area contributed by atoms with E-state index < -0.39 is 0 Å². The summed E-state index contributed by atoms with van der Waals surface area (Å²) in [5.41, 5.74) is 2.24. The van der Waals surface area contributed by atoms with Crippen molar-refractivity contribution < 1.29 is 15.0 Å². The smallest absolute Gasteiger partial charge is 0.167 e. The van der Waals surface area contributed by atoms with E-state index in [2.05, 4.69) is 41.5 Å². The van der Waals surface area contributed by atoms with Crippen LogP contribution in [0.3, 0.4) is 0 Å². The molecule has 1 aromatic rings. The summed E-state index contributed by atoms with van der Waals surface area (Å²) >= 11 is 0. The van der Waals surface area contributed by atoms with E-state index in [1.54, 1.807) is 20.8 Å². The molecule has 2 atom stereocenters. The van der Waals surface area contributed by atoms with Crippen molar-refractivity contribution in [1.29, 1.82) is 0 Å². The highest BCUT2D eigenvalue weighted by molar-refractivity contribution is 6.01. The number of aromatic hydroxyl groups is 2. The van der Waals surface area contributed by atoms with E-state index in [1.165, 1.54) is 57.8 Å². The molecule has 0 aliphatic carbocycles. The van der Waals surface area contributed by atoms with Crippen LogP contribution in [0.4, 0.5) is 0 Å². The molecule has 2 N–H and O–H groups in total. The minimum Gasteiger partial charge on any atom is -0.507 e. The number of rotatable bonds is 17. The molecule has 0 radical (unpaired) electrons. The van der Waals surface area contributed by atoms with Gasteiger partial charge in [-0.2, -0.15) is 0 Å². The van der Waals surface area contributed by atoms with Gasteiger partial charge in [-0.25, -0.2) is 0 Å². The Kier molecular flexibility index (Phi) is 13.4. The number of ketones is 1. The van der Waals surface area contributed by atoms with Gasteiger partial charge in [-0.15, -0.1) is 0 Å². The first-order chi connectivity index (χ1) is 16.3. The molecule has 0 amide bonds. The molecule has 0 heterocycles. The molecule has 1 rings (SSSR count). The van der Waals surface area contributed by atoms with E-state index in [4.69, 9.17) is 0 Å². The van der Waals surface area contributed by atoms with Crippen LogP contribution in [-0.2, 0) is 0 Å². The van der Waals surface area contributed by atoms with Gasteiger partial charge < -0.3 is 10.2 Å². The second-order valence-corrected chi connectivity index (χ2v) is 12.7. The molecular weight excluding hydrogens is 432 g/mol. The fraction of sp³-hybridized carbons (Fsp3) is 0.781. The highest BCUT2D eigenvalue weighted by atomic mass is 16.3. The summed E-state index contributed by atoms with van der Waals surface area (Å²) in [5.74, 6) is 2.57. The lowest BCUT2D eigenvalue weighted by molar-refractivity contribution is 0.0970. The molecule has 0 saturated carbocycles. The first-order valence-corrected chi connectivity index (χ1v) is 14.3. The number of carbonyl (C=O) groups excluding carboxylic acids is 1. The fourth-order valence-electron chi connectivity index (χ4n) is 5.35. The third-order valence-corrected chi connectivity index (χ3v) is 8.20. The van der Waals surface area contributed by atoms with Gasteiger partial charge in [-0.05, 0) is 74.3 Å². The molecule has 0 fully saturated rings. The molecule has 0 aliphatic rings. The lowest BCUT2D eigenvalue weighted by Gasteiger charge is -2.25. The minimum atomic E-state index is -0.0683. The molecule has 0 aromatic heterocycles. The highest BCUT2D eigenvalue weighted by Crippen LogP contribution is 2.38. The summed E-state index contributed by atoms with van der Waals surface area (Å²) in [6.45, 7) is 19.3. The van der Waals surface area contributed by atoms with Crippen LogP contribution in [0.2, 0.25) is 0 Å². The van der Waals surface area contributed by atoms with Gasteiger partial charge in [0, 0.05) is 12.0 Å². The van der Waals surface area contributed by atoms with E-state index in [-0.39, 0.29) is 22.7 Å². The van der Waals surface area contributed by atoms with Crippen LogP contribution in [0.15, 0.2) is 0 Å². The Morgan fingerprint density at radius 3 is 1.69 bits per heavy atom. The van der Waals surface area contributed by atoms with Crippen LogP contribution in [0.1, 0.15) is 146 Å². The summed E-state index contributed by atoms with van der Waals surface area (Å²) in [6, 6.07) is 0. The lowest BCUT2D eigenvalue weighted by Crippen LogP contribution is -2.13. The van der Waals surface area contributed by atoms with Gasteiger partial charge in [0.05, 0.1) is 5.56 Å². The molecule has 2 unspecified atom stereocenters. The largest absolute Gasteiger partial charge is 0.507 e. The fourth-order valence-corrected chi connectivity index (χ4v) is 5.35. The van der Waals surface area contributed by atoms with Crippen molar-refractivity contribution in [2.45, 2.75) is 139 Å². The summed E-state index contributed by atoms with van der Waals surface area (Å²) in [4.78, 5) is 12.9. The minimum absolute atomic E-state index is 0.0287. The number of carbonyl (C=O) groups is 1. The second kappa shape index (κ2) is 14.9. The van der Waals surface area contributed by atoms with Gasteiger partial charge in [0.25, 0.3) is 0 Å². The Labute approximate surface area is 217 Å². The van der Waals surface area contributed by atoms with Crippen LogP contribution in [-0.4, -0.2) is 16.0 Å². The predicted molar refractivity (Wildman–Crippen MR) is 151 cm³/mol. The summed E-state index contributed by atoms with van der Waals surface area (Å²) in [5, 5.41) is 20.8. The number of benzene rings is 1. The lowest BCUT2D eigenvalue weighted by atomic mass is 9.80. The van der Waals surface area contributed by atoms with E-state index in [0.29, 0.717) is 28.7 Å². The maximum absolute atomic E-state index is 12.9. The van der Waals surface area contributed by atoms with Crippen molar-refractivity contribution in [3.8, 4) is 11.5 Å². The zero-order valence-electron chi connectivity index (χ0n) is 24.5. The van der Waals surface area contributed by atoms with Gasteiger partial charge in [-0.1, -0.05) is 92.9 Å². The van der Waals surface area contributed by atoms with E-state index >= 15 is 0 Å². The molecule has 35 heavy (non-hydrogen) atoms. The normalized spacial score (nSPS) is 13.9. The maximum atomic E-state index is 12.9. The van der Waals surface area contributed by atoms with Gasteiger partial charge in [0.2, 0.25) is 0 Å². The highest BCUT2D eigenvalue weighted by Gasteiger charge is 2.23. The molecule has 202 valence electrons. The average molecular weight is 489 g/mol. The Balaban J connectivity index is 2.34. The SMILES string of the molecule is Cc1c(C)c(O)c(C(=O)CCCC(C)(C)CCCC(C)CCCC(C)CCCC(C)C)c(C)c1O. The summed E-state index contributed by atoms with van der Waals surface area (Å²) < 4.78 is 0. The van der Waals surface area contributed by atoms with Crippen LogP contribution >= 0.6 is 0 Å². The zero-order valence-corrected chi connectivity index (χ0v) is 24.5. The summed E-state index contributed by atoms with van der Waals surface area (Å²) in [7, 11) is 0. The van der Waals surface area contributed by atoms with Crippen LogP contribution < -0.4 is 0 Å². The Morgan fingerprint density at radius 1 is 0.686 bits per heavy atom. The molecular formula is C32H56O3. The van der Waals surface area contributed by atoms with E-state index in [9.17, 15) is 15.0 Å². The van der Waals surface area contributed by atoms with Crippen molar-refractivity contribution in [3.05, 3.63) is 22.3 Å². The van der Waals surface area contributed by atoms with Gasteiger partial charge in [0.15, 0.2) is 5.78 Å². The van der Waals surface area contributed by atoms with Crippen molar-refractivity contribution in [2.75, 3.05) is 0 Å². The quantitative estimate of drug-likeness (QED) is 0.169. The number of phenolic OH excluding ortho intramolecular Hbond substituents is 2. The number of hydrogen-bond acceptors (Lipinski definition) is 3. The Morgan fingerprint density at radius 2 is 1.14 bits per heavy atom. The van der Waals surface area contributed by atoms with Crippen molar-refractivity contribution >= 4 is 5.78 Å². The number of phenols is 2. The predicted octanol–water partition coefficient (Wildman–Crippen LogP) is 9.84. The van der Waals surface area contributed by atoms with E-state index in [1.807, 2.05) is 0 Å². The first-order valence-electron chi connectivity index (χ1n) is 14.3. The van der Waals surface area contributed by atoms with Gasteiger partial charge in [-0.3, -0.25) is 4.79 Å². The molecule has 0 saturated heterocycles. The van der Waals surface area contributed by atoms with E-state index in [0.717, 1.165) is 30.6 Å². The first kappa shape index (κ1) is 31.5. The molecule has 3 heteroatoms. The topological polar surface area (TPSA) is 57.5 Å². The van der Waals surface area contributed by atoms with Crippen molar-refractivity contribution in [3.63, 3.8) is 0 Å². The molecule has 0 spiro atoms. The average Bonchev–Trinajstić information content (AvgIpc) is 2.76. The molecule has 1 aromatic carbocycles. The monoisotopic (exact) mass is 488 g/mol. The summed E-state index contributed by atoms with van der Waals surface area (Å²) in [6.07, 6.45) is 14.1. The third-order valence-electron chi connectivity index (χ3n) is 8.20. The van der Waals surface area contributed by atoms with Crippen LogP contribution in [0.5, 0.6) is 11.5 Å². The van der Waals surface area contributed by atoms with Crippen LogP contribution in [0.25, 0.3) is 0 Å². The number of hydrogen-bond donors (Lipinski definition) is 2. The van der Waals surface area contributed by atoms with Gasteiger partial charge in [0.1, 0.15) is 11.5 Å². The van der Waals surface area contributed by atoms with Gasteiger partial charge >= 0.3 is 0 Å². The van der Waals surface area contributed by atoms with Crippen molar-refractivity contribution in [2.24, 2.45) is 23.2 Å². The Hall–Kier alpha value is -1.51. The van der Waals surface area contributed by atoms with Crippen LogP contribution in [0, 0.1) is 43.9 Å². The second-order valence-electron chi connectivity index (χ2n) is 12.7. The Bertz CT molecular complexity index is 761. The molecule has 0 bridgehead atoms. The third kappa shape index (κ3) is 11.0. The zero-order chi connectivity index (χ0) is 26.8. The maximum Gasteiger partial charge on any atom is 0.167 e. The van der Waals surface area contributed by atoms with Crippen molar-refractivity contribution in [1.82, 2.24) is 0 Å². The molecule has 0 aliphatic heterocycles. The standard InChI is InChI=1S/C32H56O3/c1-22(2)14-10-15-23(3)16-11-17-24(4)18-12-20-32(8,9)21-13-19-28(33)29-27(7)30(34)25(5)26(6)31(29)35/h22-24,34-35H,10-21H2,1-9H3.